The third-order valence-electron chi connectivity index (χ3n) is 4.38. The molecule has 9 nitrogen and oxygen atoms in total. The number of rotatable bonds is 5. The number of carbonyl (C=O) groups is 3. The molecule has 2 amide bonds. The highest BCUT2D eigenvalue weighted by Crippen LogP contribution is 2.13. The van der Waals surface area contributed by atoms with Crippen molar-refractivity contribution in [3.63, 3.8) is 0 Å². The summed E-state index contributed by atoms with van der Waals surface area (Å²) >= 11 is 0. The van der Waals surface area contributed by atoms with Crippen LogP contribution in [0, 0.1) is 0 Å². The van der Waals surface area contributed by atoms with Crippen molar-refractivity contribution >= 4 is 23.5 Å². The number of ether oxygens (including phenoxy) is 1. The third-order valence-corrected chi connectivity index (χ3v) is 4.38. The molecule has 2 atom stereocenters. The van der Waals surface area contributed by atoms with Crippen LogP contribution in [0.15, 0.2) is 24.3 Å². The number of anilines is 1. The van der Waals surface area contributed by atoms with Crippen molar-refractivity contribution < 1.29 is 24.2 Å². The Kier molecular flexibility index (Phi) is 5.82. The molecule has 2 aliphatic heterocycles. The van der Waals surface area contributed by atoms with Gasteiger partial charge in [0, 0.05) is 18.8 Å². The first-order valence-electron chi connectivity index (χ1n) is 8.51. The summed E-state index contributed by atoms with van der Waals surface area (Å²) in [6.45, 7) is 2.74. The molecule has 4 N–H and O–H groups in total. The van der Waals surface area contributed by atoms with Crippen LogP contribution in [0.2, 0.25) is 0 Å². The van der Waals surface area contributed by atoms with Crippen molar-refractivity contribution in [2.45, 2.75) is 25.2 Å². The number of hydrogen-bond donors (Lipinski definition) is 4. The molecule has 140 valence electrons. The molecule has 0 saturated carbocycles. The first-order valence-corrected chi connectivity index (χ1v) is 8.51. The molecule has 2 saturated heterocycles. The number of benzene rings is 1. The largest absolute Gasteiger partial charge is 0.478 e. The molecule has 0 aliphatic carbocycles. The third kappa shape index (κ3) is 4.78. The molecule has 3 rings (SSSR count). The van der Waals surface area contributed by atoms with Gasteiger partial charge in [0.25, 0.3) is 0 Å². The molecule has 9 heteroatoms. The molecule has 1 aromatic carbocycles. The molecule has 0 aromatic heterocycles. The number of hydrogen-bond acceptors (Lipinski definition) is 6. The van der Waals surface area contributed by atoms with Crippen LogP contribution in [0.1, 0.15) is 23.2 Å². The first kappa shape index (κ1) is 18.3. The van der Waals surface area contributed by atoms with Gasteiger partial charge >= 0.3 is 5.97 Å². The van der Waals surface area contributed by atoms with Gasteiger partial charge in [0.05, 0.1) is 44.0 Å². The minimum Gasteiger partial charge on any atom is -0.478 e. The number of carboxylic acids is 1. The Balaban J connectivity index is 1.56. The molecule has 26 heavy (non-hydrogen) atoms. The zero-order chi connectivity index (χ0) is 18.5. The maximum absolute atomic E-state index is 12.3. The highest BCUT2D eigenvalue weighted by molar-refractivity contribution is 5.94. The lowest BCUT2D eigenvalue weighted by Crippen LogP contribution is -2.63. The fraction of sp³-hybridized carbons (Fsp3) is 0.471. The normalized spacial score (nSPS) is 23.9. The number of carbonyl (C=O) groups excluding carboxylic acids is 2. The van der Waals surface area contributed by atoms with Gasteiger partial charge in [0.1, 0.15) is 0 Å². The summed E-state index contributed by atoms with van der Waals surface area (Å²) in [4.78, 5) is 37.4. The van der Waals surface area contributed by atoms with E-state index >= 15 is 0 Å². The molecule has 0 radical (unpaired) electrons. The number of nitrogens with one attached hydrogen (secondary N) is 3. The molecular formula is C17H22N4O5. The van der Waals surface area contributed by atoms with Crippen molar-refractivity contribution in [1.82, 2.24) is 15.5 Å². The van der Waals surface area contributed by atoms with Crippen LogP contribution in [0.5, 0.6) is 0 Å². The molecule has 2 aliphatic rings. The molecule has 2 unspecified atom stereocenters. The Morgan fingerprint density at radius 1 is 1.31 bits per heavy atom. The smallest absolute Gasteiger partial charge is 0.335 e. The number of amides is 2. The summed E-state index contributed by atoms with van der Waals surface area (Å²) in [5.74, 6) is -1.48. The maximum atomic E-state index is 12.3. The Labute approximate surface area is 150 Å². The average molecular weight is 362 g/mol. The predicted octanol–water partition coefficient (Wildman–Crippen LogP) is -0.193. The predicted molar refractivity (Wildman–Crippen MR) is 92.5 cm³/mol. The van der Waals surface area contributed by atoms with E-state index < -0.39 is 12.1 Å². The van der Waals surface area contributed by atoms with E-state index in [0.29, 0.717) is 25.3 Å². The van der Waals surface area contributed by atoms with Gasteiger partial charge in [-0.15, -0.1) is 0 Å². The van der Waals surface area contributed by atoms with Crippen molar-refractivity contribution in [3.8, 4) is 0 Å². The van der Waals surface area contributed by atoms with Crippen molar-refractivity contribution in [3.05, 3.63) is 29.8 Å². The van der Waals surface area contributed by atoms with E-state index in [9.17, 15) is 14.4 Å². The Morgan fingerprint density at radius 3 is 2.81 bits per heavy atom. The van der Waals surface area contributed by atoms with Gasteiger partial charge in [0.2, 0.25) is 11.8 Å². The van der Waals surface area contributed by atoms with E-state index in [0.717, 1.165) is 13.1 Å². The van der Waals surface area contributed by atoms with E-state index in [4.69, 9.17) is 9.84 Å². The van der Waals surface area contributed by atoms with Gasteiger partial charge < -0.3 is 20.5 Å². The fourth-order valence-electron chi connectivity index (χ4n) is 3.12. The summed E-state index contributed by atoms with van der Waals surface area (Å²) in [6, 6.07) is 6.03. The van der Waals surface area contributed by atoms with E-state index in [1.54, 1.807) is 12.1 Å². The van der Waals surface area contributed by atoms with Crippen molar-refractivity contribution in [2.24, 2.45) is 0 Å². The van der Waals surface area contributed by atoms with Gasteiger partial charge in [0.15, 0.2) is 0 Å². The second-order valence-electron chi connectivity index (χ2n) is 6.29. The second-order valence-corrected chi connectivity index (χ2v) is 6.29. The molecule has 0 bridgehead atoms. The van der Waals surface area contributed by atoms with E-state index in [1.165, 1.54) is 12.1 Å². The Hall–Kier alpha value is -2.49. The highest BCUT2D eigenvalue weighted by Gasteiger charge is 2.31. The number of carboxylic acid groups (broad SMARTS) is 1. The summed E-state index contributed by atoms with van der Waals surface area (Å²) in [6.07, 6.45) is -0.226. The zero-order valence-electron chi connectivity index (χ0n) is 14.2. The van der Waals surface area contributed by atoms with Crippen LogP contribution < -0.4 is 16.0 Å². The molecule has 0 spiro atoms. The van der Waals surface area contributed by atoms with Gasteiger partial charge in [-0.2, -0.15) is 0 Å². The number of nitrogens with zero attached hydrogens (tertiary/aromatic N) is 1. The van der Waals surface area contributed by atoms with Crippen LogP contribution in [-0.2, 0) is 14.3 Å². The van der Waals surface area contributed by atoms with Crippen molar-refractivity contribution in [2.75, 3.05) is 31.6 Å². The lowest BCUT2D eigenvalue weighted by molar-refractivity contribution is -0.128. The standard InChI is InChI=1S/C17H22N4O5/c22-15(18-12-3-1-2-11(8-12)17(24)25)9-13-19-14(10-16(23)20-13)21-4-6-26-7-5-21/h1-3,8,13-14,19H,4-7,9-10H2,(H,18,22)(H,20,23)(H,24,25). The van der Waals surface area contributed by atoms with Crippen LogP contribution in [0.4, 0.5) is 5.69 Å². The minimum absolute atomic E-state index is 0.0455. The molecule has 2 fully saturated rings. The maximum Gasteiger partial charge on any atom is 0.335 e. The quantitative estimate of drug-likeness (QED) is 0.573. The van der Waals surface area contributed by atoms with Gasteiger partial charge in [-0.25, -0.2) is 4.79 Å². The summed E-state index contributed by atoms with van der Waals surface area (Å²) in [5.41, 5.74) is 0.501. The number of aromatic carboxylic acids is 1. The van der Waals surface area contributed by atoms with Gasteiger partial charge in [-0.05, 0) is 18.2 Å². The van der Waals surface area contributed by atoms with Gasteiger partial charge in [-0.3, -0.25) is 19.8 Å². The van der Waals surface area contributed by atoms with Crippen LogP contribution in [-0.4, -0.2) is 66.4 Å². The van der Waals surface area contributed by atoms with Crippen molar-refractivity contribution in [1.29, 1.82) is 0 Å². The summed E-state index contributed by atoms with van der Waals surface area (Å²) < 4.78 is 5.33. The second kappa shape index (κ2) is 8.26. The Morgan fingerprint density at radius 2 is 2.08 bits per heavy atom. The topological polar surface area (TPSA) is 120 Å². The monoisotopic (exact) mass is 362 g/mol. The van der Waals surface area contributed by atoms with Crippen LogP contribution >= 0.6 is 0 Å². The molecule has 2 heterocycles. The van der Waals surface area contributed by atoms with Crippen LogP contribution in [0.25, 0.3) is 0 Å². The minimum atomic E-state index is -1.06. The SMILES string of the molecule is O=C(CC1NC(=O)CC(N2CCOCC2)N1)Nc1cccc(C(=O)O)c1. The lowest BCUT2D eigenvalue weighted by atomic mass is 10.1. The van der Waals surface area contributed by atoms with E-state index in [-0.39, 0.29) is 30.0 Å². The fourth-order valence-corrected chi connectivity index (χ4v) is 3.12. The summed E-state index contributed by atoms with van der Waals surface area (Å²) in [5, 5.41) is 17.7. The van der Waals surface area contributed by atoms with E-state index in [2.05, 4.69) is 20.9 Å². The average Bonchev–Trinajstić information content (AvgIpc) is 2.62. The zero-order valence-corrected chi connectivity index (χ0v) is 14.2. The van der Waals surface area contributed by atoms with Crippen LogP contribution in [0.3, 0.4) is 0 Å². The Bertz CT molecular complexity index is 689. The van der Waals surface area contributed by atoms with Gasteiger partial charge in [-0.1, -0.05) is 6.07 Å². The lowest BCUT2D eigenvalue weighted by Gasteiger charge is -2.40. The highest BCUT2D eigenvalue weighted by atomic mass is 16.5. The summed E-state index contributed by atoms with van der Waals surface area (Å²) in [7, 11) is 0. The van der Waals surface area contributed by atoms with E-state index in [1.807, 2.05) is 0 Å². The first-order chi connectivity index (χ1) is 12.5. The molecule has 1 aromatic rings. The molecular weight excluding hydrogens is 340 g/mol. The number of morpholine rings is 1.